The summed E-state index contributed by atoms with van der Waals surface area (Å²) >= 11 is 0. The predicted octanol–water partition coefficient (Wildman–Crippen LogP) is 4.72. The maximum absolute atomic E-state index is 13.2. The van der Waals surface area contributed by atoms with Gasteiger partial charge in [-0.25, -0.2) is 0 Å². The molecule has 2 N–H and O–H groups in total. The van der Waals surface area contributed by atoms with Gasteiger partial charge in [-0.3, -0.25) is 9.59 Å². The number of benzene rings is 2. The minimum atomic E-state index is -0.272. The standard InChI is InChI=1S/C26H27N3O2/c30-24(27-15-14-18-8-2-1-3-9-18)17-29-25(20-11-4-5-12-21(20)26(29)31)22-16-28-23-13-7-6-10-19(22)23/h4-8,10-13,16,25,28H,1-3,9,14-15,17H2,(H,27,30)/t25-/m1/s1. The zero-order valence-electron chi connectivity index (χ0n) is 17.6. The normalized spacial score (nSPS) is 18.2. The highest BCUT2D eigenvalue weighted by Crippen LogP contribution is 2.40. The maximum Gasteiger partial charge on any atom is 0.255 e. The van der Waals surface area contributed by atoms with Gasteiger partial charge in [-0.2, -0.15) is 0 Å². The van der Waals surface area contributed by atoms with Crippen molar-refractivity contribution in [2.24, 2.45) is 0 Å². The number of amides is 2. The summed E-state index contributed by atoms with van der Waals surface area (Å²) in [6, 6.07) is 15.5. The smallest absolute Gasteiger partial charge is 0.255 e. The van der Waals surface area contributed by atoms with E-state index < -0.39 is 0 Å². The molecule has 5 rings (SSSR count). The molecule has 0 unspecified atom stereocenters. The first-order valence-corrected chi connectivity index (χ1v) is 11.1. The van der Waals surface area contributed by atoms with Gasteiger partial charge in [0, 0.05) is 34.8 Å². The Bertz CT molecular complexity index is 1160. The third-order valence-corrected chi connectivity index (χ3v) is 6.44. The van der Waals surface area contributed by atoms with Crippen molar-refractivity contribution >= 4 is 22.7 Å². The number of hydrogen-bond donors (Lipinski definition) is 2. The molecular formula is C26H27N3O2. The van der Waals surface area contributed by atoms with Crippen molar-refractivity contribution in [3.8, 4) is 0 Å². The first-order valence-electron chi connectivity index (χ1n) is 11.1. The van der Waals surface area contributed by atoms with Crippen LogP contribution < -0.4 is 5.32 Å². The highest BCUT2D eigenvalue weighted by Gasteiger charge is 2.39. The van der Waals surface area contributed by atoms with E-state index in [4.69, 9.17) is 0 Å². The second-order valence-electron chi connectivity index (χ2n) is 8.42. The Morgan fingerprint density at radius 1 is 1.06 bits per heavy atom. The van der Waals surface area contributed by atoms with Crippen molar-refractivity contribution in [3.63, 3.8) is 0 Å². The Kier molecular flexibility index (Phi) is 5.33. The minimum Gasteiger partial charge on any atom is -0.361 e. The van der Waals surface area contributed by atoms with Crippen molar-refractivity contribution < 1.29 is 9.59 Å². The molecule has 0 saturated heterocycles. The number of nitrogens with zero attached hydrogens (tertiary/aromatic N) is 1. The Labute approximate surface area is 182 Å². The van der Waals surface area contributed by atoms with Gasteiger partial charge in [0.1, 0.15) is 6.54 Å². The number of H-pyrrole nitrogens is 1. The van der Waals surface area contributed by atoms with Gasteiger partial charge < -0.3 is 15.2 Å². The van der Waals surface area contributed by atoms with E-state index in [9.17, 15) is 9.59 Å². The number of allylic oxidation sites excluding steroid dienone is 1. The molecule has 1 aromatic heterocycles. The molecule has 1 aliphatic carbocycles. The fourth-order valence-corrected chi connectivity index (χ4v) is 4.89. The van der Waals surface area contributed by atoms with Crippen molar-refractivity contribution in [2.75, 3.05) is 13.1 Å². The lowest BCUT2D eigenvalue weighted by Gasteiger charge is -2.25. The average Bonchev–Trinajstić information content (AvgIpc) is 3.34. The van der Waals surface area contributed by atoms with Crippen molar-refractivity contribution in [3.05, 3.63) is 83.1 Å². The molecule has 1 aliphatic heterocycles. The molecule has 0 saturated carbocycles. The fourth-order valence-electron chi connectivity index (χ4n) is 4.89. The zero-order chi connectivity index (χ0) is 21.2. The lowest BCUT2D eigenvalue weighted by atomic mass is 9.97. The highest BCUT2D eigenvalue weighted by atomic mass is 16.2. The molecule has 0 bridgehead atoms. The number of aromatic nitrogens is 1. The number of hydrogen-bond acceptors (Lipinski definition) is 2. The molecule has 31 heavy (non-hydrogen) atoms. The van der Waals surface area contributed by atoms with Gasteiger partial charge >= 0.3 is 0 Å². The summed E-state index contributed by atoms with van der Waals surface area (Å²) in [6.07, 6.45) is 9.96. The van der Waals surface area contributed by atoms with Crippen LogP contribution in [0.15, 0.2) is 66.4 Å². The van der Waals surface area contributed by atoms with Crippen molar-refractivity contribution in [2.45, 2.75) is 38.1 Å². The van der Waals surface area contributed by atoms with Crippen LogP contribution in [0.1, 0.15) is 59.6 Å². The number of fused-ring (bicyclic) bond motifs is 2. The molecule has 2 aliphatic rings. The van der Waals surface area contributed by atoms with Crippen molar-refractivity contribution in [1.82, 2.24) is 15.2 Å². The van der Waals surface area contributed by atoms with Crippen LogP contribution in [0.25, 0.3) is 10.9 Å². The summed E-state index contributed by atoms with van der Waals surface area (Å²) in [5.41, 5.74) is 5.12. The van der Waals surface area contributed by atoms with Crippen LogP contribution in [-0.2, 0) is 4.79 Å². The van der Waals surface area contributed by atoms with E-state index in [0.29, 0.717) is 12.1 Å². The van der Waals surface area contributed by atoms with Gasteiger partial charge in [0.05, 0.1) is 6.04 Å². The van der Waals surface area contributed by atoms with Crippen LogP contribution >= 0.6 is 0 Å². The summed E-state index contributed by atoms with van der Waals surface area (Å²) in [5.74, 6) is -0.196. The van der Waals surface area contributed by atoms with Gasteiger partial charge in [0.2, 0.25) is 5.91 Å². The molecule has 2 heterocycles. The van der Waals surface area contributed by atoms with E-state index >= 15 is 0 Å². The fraction of sp³-hybridized carbons (Fsp3) is 0.308. The Morgan fingerprint density at radius 2 is 1.90 bits per heavy atom. The second kappa shape index (κ2) is 8.42. The topological polar surface area (TPSA) is 65.2 Å². The van der Waals surface area contributed by atoms with E-state index in [2.05, 4.69) is 22.4 Å². The molecule has 1 atom stereocenters. The summed E-state index contributed by atoms with van der Waals surface area (Å²) in [6.45, 7) is 0.675. The molecule has 5 heteroatoms. The van der Waals surface area contributed by atoms with Crippen LogP contribution in [0.3, 0.4) is 0 Å². The largest absolute Gasteiger partial charge is 0.361 e. The second-order valence-corrected chi connectivity index (χ2v) is 8.42. The van der Waals surface area contributed by atoms with Crippen LogP contribution in [0.2, 0.25) is 0 Å². The molecule has 0 fully saturated rings. The summed E-state index contributed by atoms with van der Waals surface area (Å²) in [7, 11) is 0. The minimum absolute atomic E-state index is 0.0523. The molecule has 3 aromatic rings. The highest BCUT2D eigenvalue weighted by molar-refractivity contribution is 6.02. The van der Waals surface area contributed by atoms with Crippen LogP contribution in [0.4, 0.5) is 0 Å². The van der Waals surface area contributed by atoms with Crippen LogP contribution in [0, 0.1) is 0 Å². The molecule has 0 spiro atoms. The Balaban J connectivity index is 1.37. The predicted molar refractivity (Wildman–Crippen MR) is 122 cm³/mol. The molecule has 2 aromatic carbocycles. The molecule has 2 amide bonds. The molecule has 5 nitrogen and oxygen atoms in total. The average molecular weight is 414 g/mol. The monoisotopic (exact) mass is 413 g/mol. The van der Waals surface area contributed by atoms with Gasteiger partial charge in [-0.15, -0.1) is 0 Å². The van der Waals surface area contributed by atoms with Gasteiger partial charge in [-0.1, -0.05) is 48.0 Å². The lowest BCUT2D eigenvalue weighted by Crippen LogP contribution is -2.40. The third-order valence-electron chi connectivity index (χ3n) is 6.44. The van der Waals surface area contributed by atoms with Crippen molar-refractivity contribution in [1.29, 1.82) is 0 Å². The van der Waals surface area contributed by atoms with Gasteiger partial charge in [-0.05, 0) is 49.8 Å². The first kappa shape index (κ1) is 19.6. The molecule has 158 valence electrons. The Morgan fingerprint density at radius 3 is 2.77 bits per heavy atom. The van der Waals surface area contributed by atoms with E-state index in [1.54, 1.807) is 4.90 Å². The molecular weight excluding hydrogens is 386 g/mol. The van der Waals surface area contributed by atoms with E-state index in [1.807, 2.05) is 48.7 Å². The number of nitrogens with one attached hydrogen (secondary N) is 2. The number of rotatable bonds is 6. The van der Waals surface area contributed by atoms with E-state index in [1.165, 1.54) is 18.4 Å². The number of carbonyl (C=O) groups excluding carboxylic acids is 2. The number of para-hydroxylation sites is 1. The summed E-state index contributed by atoms with van der Waals surface area (Å²) in [4.78, 5) is 31.0. The quantitative estimate of drug-likeness (QED) is 0.574. The number of carbonyl (C=O) groups is 2. The summed E-state index contributed by atoms with van der Waals surface area (Å²) in [5, 5.41) is 4.10. The number of aromatic amines is 1. The van der Waals surface area contributed by atoms with E-state index in [0.717, 1.165) is 41.3 Å². The van der Waals surface area contributed by atoms with E-state index in [-0.39, 0.29) is 24.4 Å². The van der Waals surface area contributed by atoms with Gasteiger partial charge in [0.25, 0.3) is 5.91 Å². The molecule has 0 radical (unpaired) electrons. The third kappa shape index (κ3) is 3.76. The maximum atomic E-state index is 13.2. The first-order chi connectivity index (χ1) is 15.2. The Hall–Kier alpha value is -3.34. The zero-order valence-corrected chi connectivity index (χ0v) is 17.6. The van der Waals surface area contributed by atoms with Crippen LogP contribution in [0.5, 0.6) is 0 Å². The summed E-state index contributed by atoms with van der Waals surface area (Å²) < 4.78 is 0. The SMILES string of the molecule is O=C(CN1C(=O)c2ccccc2[C@@H]1c1c[nH]c2ccccc12)NCCC1=CCCCC1. The van der Waals surface area contributed by atoms with Gasteiger partial charge in [0.15, 0.2) is 0 Å². The lowest BCUT2D eigenvalue weighted by molar-refractivity contribution is -0.122. The van der Waals surface area contributed by atoms with Crippen LogP contribution in [-0.4, -0.2) is 34.8 Å².